The van der Waals surface area contributed by atoms with Gasteiger partial charge in [-0.05, 0) is 47.4 Å². The van der Waals surface area contributed by atoms with E-state index in [0.717, 1.165) is 22.9 Å². The largest absolute Gasteiger partial charge is 0.461 e. The molecule has 48 heavy (non-hydrogen) atoms. The maximum absolute atomic E-state index is 14.7. The Labute approximate surface area is 282 Å². The minimum Gasteiger partial charge on any atom is -0.461 e. The number of sulfone groups is 1. The van der Waals surface area contributed by atoms with Crippen LogP contribution >= 0.6 is 11.8 Å². The number of ether oxygens (including phenoxy) is 2. The zero-order valence-electron chi connectivity index (χ0n) is 25.8. The van der Waals surface area contributed by atoms with Gasteiger partial charge in [-0.1, -0.05) is 121 Å². The molecule has 0 heterocycles. The first kappa shape index (κ1) is 34.1. The van der Waals surface area contributed by atoms with E-state index in [1.54, 1.807) is 30.3 Å². The van der Waals surface area contributed by atoms with E-state index < -0.39 is 30.9 Å². The molecule has 2 atom stereocenters. The molecule has 0 aromatic heterocycles. The Bertz CT molecular complexity index is 2000. The first-order valence-corrected chi connectivity index (χ1v) is 17.2. The minimum atomic E-state index is -4.42. The van der Waals surface area contributed by atoms with Gasteiger partial charge in [0.15, 0.2) is 20.0 Å². The molecule has 0 radical (unpaired) electrons. The van der Waals surface area contributed by atoms with Gasteiger partial charge in [0.25, 0.3) is 12.2 Å². The van der Waals surface area contributed by atoms with E-state index in [-0.39, 0.29) is 35.0 Å². The van der Waals surface area contributed by atoms with E-state index in [1.807, 2.05) is 60.7 Å². The number of rotatable bonds is 14. The number of hydrogen-bond donors (Lipinski definition) is 0. The number of thioether (sulfide) groups is 1. The summed E-state index contributed by atoms with van der Waals surface area (Å²) in [6.07, 6.45) is -0.0853. The average molecular weight is 682 g/mol. The molecule has 0 amide bonds. The Morgan fingerprint density at radius 3 is 2.10 bits per heavy atom. The van der Waals surface area contributed by atoms with Crippen LogP contribution in [-0.4, -0.2) is 30.4 Å². The zero-order valence-corrected chi connectivity index (χ0v) is 27.4. The molecule has 2 unspecified atom stereocenters. The van der Waals surface area contributed by atoms with Crippen molar-refractivity contribution in [3.63, 3.8) is 0 Å². The Morgan fingerprint density at radius 2 is 1.44 bits per heavy atom. The van der Waals surface area contributed by atoms with Gasteiger partial charge in [-0.15, -0.1) is 0 Å². The predicted molar refractivity (Wildman–Crippen MR) is 183 cm³/mol. The van der Waals surface area contributed by atoms with Gasteiger partial charge in [-0.3, -0.25) is 19.7 Å². The highest BCUT2D eigenvalue weighted by molar-refractivity contribution is 8.13. The topological polar surface area (TPSA) is 130 Å². The van der Waals surface area contributed by atoms with Crippen LogP contribution in [0.5, 0.6) is 0 Å². The van der Waals surface area contributed by atoms with Gasteiger partial charge in [-0.2, -0.15) is 0 Å². The lowest BCUT2D eigenvalue weighted by Crippen LogP contribution is -2.42. The number of nitro groups is 1. The number of para-hydroxylation sites is 1. The minimum absolute atomic E-state index is 0.0757. The van der Waals surface area contributed by atoms with Gasteiger partial charge < -0.3 is 9.47 Å². The van der Waals surface area contributed by atoms with Gasteiger partial charge in [0.2, 0.25) is 0 Å². The van der Waals surface area contributed by atoms with Crippen LogP contribution in [0.3, 0.4) is 0 Å². The molecule has 5 aromatic carbocycles. The number of nitro benzene ring substituents is 1. The third-order valence-electron chi connectivity index (χ3n) is 7.71. The molecule has 244 valence electrons. The summed E-state index contributed by atoms with van der Waals surface area (Å²) in [6.45, 7) is 1.79. The van der Waals surface area contributed by atoms with Gasteiger partial charge in [0.1, 0.15) is 6.61 Å². The van der Waals surface area contributed by atoms with Crippen LogP contribution in [0.4, 0.5) is 5.69 Å². The second-order valence-electron chi connectivity index (χ2n) is 10.9. The lowest BCUT2D eigenvalue weighted by Gasteiger charge is -2.36. The summed E-state index contributed by atoms with van der Waals surface area (Å²) in [6, 6.07) is 37.0. The van der Waals surface area contributed by atoms with Crippen LogP contribution in [0, 0.1) is 10.1 Å². The Kier molecular flexibility index (Phi) is 10.7. The van der Waals surface area contributed by atoms with Crippen LogP contribution in [0.1, 0.15) is 23.6 Å². The normalized spacial score (nSPS) is 13.1. The summed E-state index contributed by atoms with van der Waals surface area (Å²) in [7, 11) is -4.42. The summed E-state index contributed by atoms with van der Waals surface area (Å²) in [4.78, 5) is 36.0. The molecule has 11 heteroatoms. The van der Waals surface area contributed by atoms with Crippen molar-refractivity contribution in [2.45, 2.75) is 39.9 Å². The Hall–Kier alpha value is -5.26. The van der Waals surface area contributed by atoms with Gasteiger partial charge in [0.05, 0.1) is 21.1 Å². The average Bonchev–Trinajstić information content (AvgIpc) is 3.11. The molecular weight excluding hydrogens is 651 g/mol. The van der Waals surface area contributed by atoms with Crippen LogP contribution in [-0.2, 0) is 47.5 Å². The van der Waals surface area contributed by atoms with E-state index in [1.165, 1.54) is 49.4 Å². The van der Waals surface area contributed by atoms with Gasteiger partial charge in [0, 0.05) is 11.6 Å². The highest BCUT2D eigenvalue weighted by Crippen LogP contribution is 2.48. The molecule has 0 N–H and O–H groups in total. The molecule has 0 saturated heterocycles. The van der Waals surface area contributed by atoms with E-state index in [2.05, 4.69) is 0 Å². The van der Waals surface area contributed by atoms with Crippen LogP contribution in [0.2, 0.25) is 0 Å². The Morgan fingerprint density at radius 1 is 0.833 bits per heavy atom. The van der Waals surface area contributed by atoms with Gasteiger partial charge >= 0.3 is 5.97 Å². The molecule has 9 nitrogen and oxygen atoms in total. The monoisotopic (exact) mass is 681 g/mol. The fourth-order valence-electron chi connectivity index (χ4n) is 5.30. The third-order valence-corrected chi connectivity index (χ3v) is 12.0. The molecule has 0 saturated carbocycles. The SMILES string of the molecule is CC(OC=O)(c1ccccc1-c1ccccc1)C(Sc1ccccc1[N+](=O)[O-])S(=O)(=O)c1ccc(CC(=O)OCc2ccccc2)cc1. The lowest BCUT2D eigenvalue weighted by atomic mass is 9.89. The molecule has 0 fully saturated rings. The summed E-state index contributed by atoms with van der Waals surface area (Å²) in [5, 5.41) is 12.0. The van der Waals surface area contributed by atoms with Gasteiger partial charge in [-0.25, -0.2) is 8.42 Å². The summed E-state index contributed by atoms with van der Waals surface area (Å²) in [5.41, 5.74) is 0.985. The second kappa shape index (κ2) is 15.1. The molecule has 0 bridgehead atoms. The van der Waals surface area contributed by atoms with E-state index in [9.17, 15) is 28.1 Å². The number of carbonyl (C=O) groups excluding carboxylic acids is 2. The molecule has 5 rings (SSSR count). The molecule has 0 aliphatic heterocycles. The first-order chi connectivity index (χ1) is 23.1. The van der Waals surface area contributed by atoms with E-state index in [0.29, 0.717) is 16.7 Å². The lowest BCUT2D eigenvalue weighted by molar-refractivity contribution is -0.387. The maximum Gasteiger partial charge on any atom is 0.310 e. The van der Waals surface area contributed by atoms with Crippen LogP contribution < -0.4 is 0 Å². The van der Waals surface area contributed by atoms with Crippen molar-refractivity contribution >= 4 is 39.7 Å². The fraction of sp³-hybridized carbons (Fsp3) is 0.135. The standard InChI is InChI=1S/C37H31NO8S2/c1-37(46-26-39,32-17-9-8-16-31(32)29-14-6-3-7-15-29)36(47-34-19-11-10-18-33(34)38(41)42)48(43,44)30-22-20-27(21-23-30)24-35(40)45-25-28-12-4-2-5-13-28/h2-23,26,36H,24-25H2,1H3. The maximum atomic E-state index is 14.7. The summed E-state index contributed by atoms with van der Waals surface area (Å²) >= 11 is 0.723. The van der Waals surface area contributed by atoms with Crippen molar-refractivity contribution in [3.05, 3.63) is 160 Å². The number of esters is 1. The molecular formula is C37H31NO8S2. The number of benzene rings is 5. The summed E-state index contributed by atoms with van der Waals surface area (Å²) < 4.78 is 38.9. The van der Waals surface area contributed by atoms with E-state index >= 15 is 0 Å². The highest BCUT2D eigenvalue weighted by Gasteiger charge is 2.49. The summed E-state index contributed by atoms with van der Waals surface area (Å²) in [5.74, 6) is -0.483. The first-order valence-electron chi connectivity index (χ1n) is 14.8. The molecule has 0 spiro atoms. The molecule has 0 aliphatic carbocycles. The smallest absolute Gasteiger partial charge is 0.310 e. The number of carbonyl (C=O) groups is 2. The quantitative estimate of drug-likeness (QED) is 0.0384. The zero-order chi connectivity index (χ0) is 34.1. The fourth-order valence-corrected chi connectivity index (χ4v) is 9.05. The van der Waals surface area contributed by atoms with Crippen LogP contribution in [0.15, 0.2) is 143 Å². The third kappa shape index (κ3) is 7.64. The van der Waals surface area contributed by atoms with Crippen molar-refractivity contribution in [2.24, 2.45) is 0 Å². The predicted octanol–water partition coefficient (Wildman–Crippen LogP) is 7.53. The van der Waals surface area contributed by atoms with Crippen molar-refractivity contribution in [1.82, 2.24) is 0 Å². The number of hydrogen-bond acceptors (Lipinski definition) is 9. The Balaban J connectivity index is 1.55. The highest BCUT2D eigenvalue weighted by atomic mass is 32.3. The molecule has 5 aromatic rings. The van der Waals surface area contributed by atoms with Crippen LogP contribution in [0.25, 0.3) is 11.1 Å². The second-order valence-corrected chi connectivity index (χ2v) is 14.4. The van der Waals surface area contributed by atoms with Crippen molar-refractivity contribution in [3.8, 4) is 11.1 Å². The van der Waals surface area contributed by atoms with Crippen molar-refractivity contribution in [2.75, 3.05) is 0 Å². The van der Waals surface area contributed by atoms with Crippen molar-refractivity contribution in [1.29, 1.82) is 0 Å². The molecule has 0 aliphatic rings. The number of nitrogens with zero attached hydrogens (tertiary/aromatic N) is 1. The van der Waals surface area contributed by atoms with Crippen molar-refractivity contribution < 1.29 is 32.4 Å². The van der Waals surface area contributed by atoms with E-state index in [4.69, 9.17) is 9.47 Å².